The van der Waals surface area contributed by atoms with E-state index in [4.69, 9.17) is 9.72 Å². The minimum Gasteiger partial charge on any atom is -0.497 e. The number of methoxy groups -OCH3 is 1. The molecule has 33 heavy (non-hydrogen) atoms. The average molecular weight is 442 g/mol. The summed E-state index contributed by atoms with van der Waals surface area (Å²) < 4.78 is 6.48. The summed E-state index contributed by atoms with van der Waals surface area (Å²) in [4.78, 5) is 30.9. The Morgan fingerprint density at radius 2 is 1.73 bits per heavy atom. The second-order valence-corrected chi connectivity index (χ2v) is 8.98. The zero-order valence-corrected chi connectivity index (χ0v) is 19.3. The molecule has 6 nitrogen and oxygen atoms in total. The van der Waals surface area contributed by atoms with Gasteiger partial charge >= 0.3 is 0 Å². The molecule has 0 aliphatic heterocycles. The van der Waals surface area contributed by atoms with Crippen molar-refractivity contribution >= 4 is 16.8 Å². The zero-order valence-electron chi connectivity index (χ0n) is 19.3. The van der Waals surface area contributed by atoms with E-state index in [2.05, 4.69) is 26.2 Å². The third kappa shape index (κ3) is 4.80. The van der Waals surface area contributed by atoms with Gasteiger partial charge in [0.05, 0.1) is 24.4 Å². The quantitative estimate of drug-likeness (QED) is 0.488. The van der Waals surface area contributed by atoms with E-state index >= 15 is 0 Å². The molecule has 6 heteroatoms. The summed E-state index contributed by atoms with van der Waals surface area (Å²) >= 11 is 0. The van der Waals surface area contributed by atoms with E-state index in [1.165, 1.54) is 10.2 Å². The topological polar surface area (TPSA) is 73.2 Å². The van der Waals surface area contributed by atoms with Crippen molar-refractivity contribution in [3.63, 3.8) is 0 Å². The van der Waals surface area contributed by atoms with Crippen molar-refractivity contribution in [1.82, 2.24) is 9.66 Å². The Labute approximate surface area is 192 Å². The number of nitrogens with zero attached hydrogens (tertiary/aromatic N) is 2. The number of rotatable bonds is 5. The van der Waals surface area contributed by atoms with E-state index in [1.54, 1.807) is 31.4 Å². The number of amides is 1. The molecule has 0 aliphatic carbocycles. The third-order valence-electron chi connectivity index (χ3n) is 5.52. The van der Waals surface area contributed by atoms with Gasteiger partial charge < -0.3 is 4.74 Å². The number of carbonyl (C=O) groups excluding carboxylic acids is 1. The first kappa shape index (κ1) is 22.3. The lowest BCUT2D eigenvalue weighted by Crippen LogP contribution is -2.35. The number of benzene rings is 3. The molecule has 0 saturated carbocycles. The van der Waals surface area contributed by atoms with Crippen molar-refractivity contribution in [2.45, 2.75) is 32.6 Å². The first-order valence-electron chi connectivity index (χ1n) is 10.8. The Hall–Kier alpha value is -3.93. The van der Waals surface area contributed by atoms with Crippen LogP contribution in [-0.4, -0.2) is 22.7 Å². The van der Waals surface area contributed by atoms with E-state index in [0.29, 0.717) is 22.5 Å². The molecule has 4 rings (SSSR count). The predicted molar refractivity (Wildman–Crippen MR) is 131 cm³/mol. The molecule has 1 heterocycles. The van der Waals surface area contributed by atoms with E-state index in [0.717, 1.165) is 11.1 Å². The highest BCUT2D eigenvalue weighted by molar-refractivity contribution is 5.87. The zero-order chi connectivity index (χ0) is 23.6. The van der Waals surface area contributed by atoms with Gasteiger partial charge in [-0.2, -0.15) is 4.68 Å². The fourth-order valence-electron chi connectivity index (χ4n) is 3.68. The van der Waals surface area contributed by atoms with Gasteiger partial charge in [0.1, 0.15) is 5.75 Å². The molecule has 0 atom stereocenters. The molecule has 0 fully saturated rings. The van der Waals surface area contributed by atoms with Crippen molar-refractivity contribution < 1.29 is 9.53 Å². The maximum absolute atomic E-state index is 13.3. The Morgan fingerprint density at radius 1 is 1.00 bits per heavy atom. The molecule has 0 unspecified atom stereocenters. The molecule has 0 radical (unpaired) electrons. The van der Waals surface area contributed by atoms with Crippen LogP contribution in [0.4, 0.5) is 0 Å². The van der Waals surface area contributed by atoms with Crippen LogP contribution in [0.15, 0.2) is 77.6 Å². The van der Waals surface area contributed by atoms with Crippen LogP contribution < -0.4 is 15.7 Å². The van der Waals surface area contributed by atoms with E-state index in [-0.39, 0.29) is 23.3 Å². The maximum atomic E-state index is 13.3. The van der Waals surface area contributed by atoms with E-state index in [1.807, 2.05) is 48.5 Å². The Balaban J connectivity index is 1.75. The van der Waals surface area contributed by atoms with Gasteiger partial charge in [-0.3, -0.25) is 15.0 Å². The molecule has 0 aliphatic rings. The number of ether oxygens (including phenoxy) is 1. The number of carbonyl (C=O) groups is 1. The lowest BCUT2D eigenvalue weighted by Gasteiger charge is -2.20. The molecule has 3 aromatic carbocycles. The Morgan fingerprint density at radius 3 is 2.42 bits per heavy atom. The number of para-hydroxylation sites is 1. The van der Waals surface area contributed by atoms with Crippen LogP contribution in [0.1, 0.15) is 31.9 Å². The minimum atomic E-state index is -0.325. The van der Waals surface area contributed by atoms with Gasteiger partial charge in [-0.15, -0.1) is 0 Å². The molecule has 0 bridgehead atoms. The predicted octanol–water partition coefficient (Wildman–Crippen LogP) is 4.68. The van der Waals surface area contributed by atoms with Crippen LogP contribution in [0.2, 0.25) is 0 Å². The summed E-state index contributed by atoms with van der Waals surface area (Å²) in [6, 6.07) is 22.3. The summed E-state index contributed by atoms with van der Waals surface area (Å²) in [5, 5.41) is 0.439. The fourth-order valence-corrected chi connectivity index (χ4v) is 3.68. The van der Waals surface area contributed by atoms with Crippen molar-refractivity contribution in [3.8, 4) is 17.1 Å². The number of hydrogen-bond acceptors (Lipinski definition) is 4. The van der Waals surface area contributed by atoms with Crippen molar-refractivity contribution in [1.29, 1.82) is 0 Å². The van der Waals surface area contributed by atoms with Crippen LogP contribution >= 0.6 is 0 Å². The van der Waals surface area contributed by atoms with E-state index in [9.17, 15) is 9.59 Å². The number of nitrogens with one attached hydrogen (secondary N) is 1. The van der Waals surface area contributed by atoms with Gasteiger partial charge in [0, 0.05) is 5.56 Å². The monoisotopic (exact) mass is 441 g/mol. The molecular weight excluding hydrogens is 414 g/mol. The largest absolute Gasteiger partial charge is 0.497 e. The standard InChI is InChI=1S/C27H27N3O3/c1-27(2,3)20-14-12-19(13-15-20)25-28-23-11-6-5-10-22(23)26(32)30(25)29-24(31)17-18-8-7-9-21(16-18)33-4/h5-16H,17H2,1-4H3,(H,29,31). The second kappa shape index (κ2) is 8.90. The van der Waals surface area contributed by atoms with Gasteiger partial charge in [-0.1, -0.05) is 69.3 Å². The van der Waals surface area contributed by atoms with Gasteiger partial charge in [-0.05, 0) is 40.8 Å². The first-order valence-corrected chi connectivity index (χ1v) is 10.8. The molecule has 0 spiro atoms. The van der Waals surface area contributed by atoms with Crippen LogP contribution in [0.3, 0.4) is 0 Å². The lowest BCUT2D eigenvalue weighted by atomic mass is 9.86. The average Bonchev–Trinajstić information content (AvgIpc) is 2.80. The summed E-state index contributed by atoms with van der Waals surface area (Å²) in [6.07, 6.45) is 0.0961. The molecular formula is C27H27N3O3. The van der Waals surface area contributed by atoms with Crippen LogP contribution in [0, 0.1) is 0 Å². The summed E-state index contributed by atoms with van der Waals surface area (Å²) in [5.74, 6) is 0.734. The number of hydrogen-bond donors (Lipinski definition) is 1. The van der Waals surface area contributed by atoms with Crippen molar-refractivity contribution in [3.05, 3.63) is 94.3 Å². The molecule has 1 N–H and O–H groups in total. The van der Waals surface area contributed by atoms with Crippen LogP contribution in [-0.2, 0) is 16.6 Å². The first-order chi connectivity index (χ1) is 15.8. The third-order valence-corrected chi connectivity index (χ3v) is 5.52. The van der Waals surface area contributed by atoms with Crippen LogP contribution in [0.25, 0.3) is 22.3 Å². The molecule has 1 amide bonds. The SMILES string of the molecule is COc1cccc(CC(=O)Nn2c(-c3ccc(C(C)(C)C)cc3)nc3ccccc3c2=O)c1. The smallest absolute Gasteiger partial charge is 0.280 e. The number of aromatic nitrogens is 2. The molecule has 168 valence electrons. The Bertz CT molecular complexity index is 1370. The maximum Gasteiger partial charge on any atom is 0.280 e. The van der Waals surface area contributed by atoms with Gasteiger partial charge in [-0.25, -0.2) is 4.98 Å². The summed E-state index contributed by atoms with van der Waals surface area (Å²) in [5.41, 5.74) is 5.71. The van der Waals surface area contributed by atoms with Gasteiger partial charge in [0.15, 0.2) is 5.82 Å². The van der Waals surface area contributed by atoms with Gasteiger partial charge in [0.2, 0.25) is 5.91 Å². The lowest BCUT2D eigenvalue weighted by molar-refractivity contribution is -0.116. The van der Waals surface area contributed by atoms with Crippen molar-refractivity contribution in [2.75, 3.05) is 12.5 Å². The second-order valence-electron chi connectivity index (χ2n) is 8.98. The van der Waals surface area contributed by atoms with E-state index < -0.39 is 0 Å². The highest BCUT2D eigenvalue weighted by atomic mass is 16.5. The Kier molecular flexibility index (Phi) is 6.01. The minimum absolute atomic E-state index is 0.0000329. The van der Waals surface area contributed by atoms with Crippen LogP contribution in [0.5, 0.6) is 5.75 Å². The highest BCUT2D eigenvalue weighted by Crippen LogP contribution is 2.25. The molecule has 0 saturated heterocycles. The summed E-state index contributed by atoms with van der Waals surface area (Å²) in [7, 11) is 1.58. The fraction of sp³-hybridized carbons (Fsp3) is 0.222. The number of fused-ring (bicyclic) bond motifs is 1. The normalized spacial score (nSPS) is 11.4. The highest BCUT2D eigenvalue weighted by Gasteiger charge is 2.17. The molecule has 1 aromatic heterocycles. The molecule has 4 aromatic rings. The van der Waals surface area contributed by atoms with Crippen molar-refractivity contribution in [2.24, 2.45) is 0 Å². The summed E-state index contributed by atoms with van der Waals surface area (Å²) in [6.45, 7) is 6.43. The van der Waals surface area contributed by atoms with Gasteiger partial charge in [0.25, 0.3) is 5.56 Å².